The SMILES string of the molecule is CN(C)C1c2ccccc2CC1C(=O)O. The van der Waals surface area contributed by atoms with E-state index < -0.39 is 5.97 Å². The van der Waals surface area contributed by atoms with Gasteiger partial charge in [-0.05, 0) is 31.6 Å². The molecule has 0 fully saturated rings. The van der Waals surface area contributed by atoms with Gasteiger partial charge in [-0.25, -0.2) is 0 Å². The van der Waals surface area contributed by atoms with Crippen molar-refractivity contribution in [3.8, 4) is 0 Å². The topological polar surface area (TPSA) is 40.5 Å². The molecule has 0 aromatic heterocycles. The van der Waals surface area contributed by atoms with Gasteiger partial charge >= 0.3 is 5.97 Å². The second-order valence-corrected chi connectivity index (χ2v) is 4.26. The van der Waals surface area contributed by atoms with Crippen LogP contribution in [-0.2, 0) is 11.2 Å². The molecule has 0 spiro atoms. The molecule has 2 unspecified atom stereocenters. The molecule has 1 N–H and O–H groups in total. The number of carbonyl (C=O) groups is 1. The molecule has 1 aliphatic carbocycles. The quantitative estimate of drug-likeness (QED) is 0.796. The second kappa shape index (κ2) is 3.66. The zero-order valence-corrected chi connectivity index (χ0v) is 8.97. The van der Waals surface area contributed by atoms with E-state index in [2.05, 4.69) is 0 Å². The molecule has 1 aliphatic rings. The van der Waals surface area contributed by atoms with Gasteiger partial charge in [-0.15, -0.1) is 0 Å². The number of benzene rings is 1. The van der Waals surface area contributed by atoms with Crippen LogP contribution in [0.3, 0.4) is 0 Å². The molecule has 1 aromatic rings. The minimum atomic E-state index is -0.704. The number of carboxylic acids is 1. The summed E-state index contributed by atoms with van der Waals surface area (Å²) in [4.78, 5) is 13.1. The van der Waals surface area contributed by atoms with E-state index in [1.807, 2.05) is 43.3 Å². The van der Waals surface area contributed by atoms with Crippen molar-refractivity contribution in [2.75, 3.05) is 14.1 Å². The Bertz CT molecular complexity index is 387. The number of fused-ring (bicyclic) bond motifs is 1. The molecule has 0 saturated carbocycles. The van der Waals surface area contributed by atoms with Gasteiger partial charge in [0.05, 0.1) is 5.92 Å². The predicted octanol–water partition coefficient (Wildman–Crippen LogP) is 1.55. The van der Waals surface area contributed by atoms with Gasteiger partial charge in [0.25, 0.3) is 0 Å². The average molecular weight is 205 g/mol. The highest BCUT2D eigenvalue weighted by Gasteiger charge is 2.38. The van der Waals surface area contributed by atoms with Gasteiger partial charge in [-0.2, -0.15) is 0 Å². The predicted molar refractivity (Wildman–Crippen MR) is 57.7 cm³/mol. The summed E-state index contributed by atoms with van der Waals surface area (Å²) in [5, 5.41) is 9.18. The van der Waals surface area contributed by atoms with E-state index in [4.69, 9.17) is 0 Å². The number of hydrogen-bond donors (Lipinski definition) is 1. The molecule has 80 valence electrons. The minimum Gasteiger partial charge on any atom is -0.481 e. The Morgan fingerprint density at radius 3 is 2.67 bits per heavy atom. The monoisotopic (exact) mass is 205 g/mol. The summed E-state index contributed by atoms with van der Waals surface area (Å²) in [5.41, 5.74) is 2.33. The standard InChI is InChI=1S/C12H15NO2/c1-13(2)11-9-6-4-3-5-8(9)7-10(11)12(14)15/h3-6,10-11H,7H2,1-2H3,(H,14,15). The van der Waals surface area contributed by atoms with Crippen LogP contribution in [0.1, 0.15) is 17.2 Å². The fourth-order valence-electron chi connectivity index (χ4n) is 2.43. The summed E-state index contributed by atoms with van der Waals surface area (Å²) in [7, 11) is 3.87. The lowest BCUT2D eigenvalue weighted by molar-refractivity contribution is -0.143. The summed E-state index contributed by atoms with van der Waals surface area (Å²) >= 11 is 0. The van der Waals surface area contributed by atoms with E-state index in [0.29, 0.717) is 6.42 Å². The van der Waals surface area contributed by atoms with Crippen molar-refractivity contribution in [1.82, 2.24) is 4.90 Å². The molecule has 15 heavy (non-hydrogen) atoms. The first kappa shape index (κ1) is 10.2. The molecule has 0 aliphatic heterocycles. The highest BCUT2D eigenvalue weighted by Crippen LogP contribution is 2.38. The molecule has 1 aromatic carbocycles. The molecular formula is C12H15NO2. The third kappa shape index (κ3) is 1.63. The van der Waals surface area contributed by atoms with E-state index in [9.17, 15) is 9.90 Å². The Balaban J connectivity index is 2.42. The molecule has 0 radical (unpaired) electrons. The van der Waals surface area contributed by atoms with Crippen LogP contribution in [0.5, 0.6) is 0 Å². The highest BCUT2D eigenvalue weighted by molar-refractivity contribution is 5.73. The Morgan fingerprint density at radius 2 is 2.07 bits per heavy atom. The Hall–Kier alpha value is -1.35. The van der Waals surface area contributed by atoms with Crippen molar-refractivity contribution in [3.63, 3.8) is 0 Å². The van der Waals surface area contributed by atoms with Gasteiger partial charge in [-0.1, -0.05) is 24.3 Å². The van der Waals surface area contributed by atoms with Gasteiger partial charge in [0.1, 0.15) is 0 Å². The molecule has 0 amide bonds. The second-order valence-electron chi connectivity index (χ2n) is 4.26. The lowest BCUT2D eigenvalue weighted by atomic mass is 10.00. The summed E-state index contributed by atoms with van der Waals surface area (Å²) in [6.45, 7) is 0. The molecule has 3 heteroatoms. The van der Waals surface area contributed by atoms with Gasteiger partial charge in [0.15, 0.2) is 0 Å². The zero-order chi connectivity index (χ0) is 11.0. The minimum absolute atomic E-state index is 0.0127. The highest BCUT2D eigenvalue weighted by atomic mass is 16.4. The number of carboxylic acid groups (broad SMARTS) is 1. The van der Waals surface area contributed by atoms with E-state index in [-0.39, 0.29) is 12.0 Å². The number of aliphatic carboxylic acids is 1. The van der Waals surface area contributed by atoms with Crippen molar-refractivity contribution in [3.05, 3.63) is 35.4 Å². The number of nitrogens with zero attached hydrogens (tertiary/aromatic N) is 1. The number of rotatable bonds is 2. The van der Waals surface area contributed by atoms with Gasteiger partial charge in [0, 0.05) is 6.04 Å². The Kier molecular flexibility index (Phi) is 2.49. The van der Waals surface area contributed by atoms with Gasteiger partial charge in [0.2, 0.25) is 0 Å². The van der Waals surface area contributed by atoms with Gasteiger partial charge in [-0.3, -0.25) is 4.79 Å². The first-order chi connectivity index (χ1) is 7.11. The molecule has 2 atom stereocenters. The molecule has 2 rings (SSSR count). The maximum absolute atomic E-state index is 11.2. The summed E-state index contributed by atoms with van der Waals surface area (Å²) in [6.07, 6.45) is 0.647. The Labute approximate surface area is 89.3 Å². The van der Waals surface area contributed by atoms with Crippen LogP contribution < -0.4 is 0 Å². The smallest absolute Gasteiger partial charge is 0.308 e. The Morgan fingerprint density at radius 1 is 1.40 bits per heavy atom. The van der Waals surface area contributed by atoms with Crippen molar-refractivity contribution in [2.24, 2.45) is 5.92 Å². The van der Waals surface area contributed by atoms with Crippen LogP contribution in [0.25, 0.3) is 0 Å². The summed E-state index contributed by atoms with van der Waals surface area (Å²) in [6, 6.07) is 8.01. The third-order valence-corrected chi connectivity index (χ3v) is 3.07. The third-order valence-electron chi connectivity index (χ3n) is 3.07. The van der Waals surface area contributed by atoms with E-state index in [1.54, 1.807) is 0 Å². The van der Waals surface area contributed by atoms with Crippen molar-refractivity contribution >= 4 is 5.97 Å². The number of hydrogen-bond acceptors (Lipinski definition) is 2. The maximum atomic E-state index is 11.2. The fraction of sp³-hybridized carbons (Fsp3) is 0.417. The van der Waals surface area contributed by atoms with E-state index in [1.165, 1.54) is 5.56 Å². The molecule has 0 saturated heterocycles. The molecule has 0 bridgehead atoms. The van der Waals surface area contributed by atoms with Crippen LogP contribution in [0.15, 0.2) is 24.3 Å². The van der Waals surface area contributed by atoms with E-state index in [0.717, 1.165) is 5.56 Å². The summed E-state index contributed by atoms with van der Waals surface area (Å²) in [5.74, 6) is -1.01. The first-order valence-corrected chi connectivity index (χ1v) is 5.08. The van der Waals surface area contributed by atoms with Crippen LogP contribution in [0.4, 0.5) is 0 Å². The maximum Gasteiger partial charge on any atom is 0.308 e. The first-order valence-electron chi connectivity index (χ1n) is 5.08. The van der Waals surface area contributed by atoms with Crippen molar-refractivity contribution in [1.29, 1.82) is 0 Å². The van der Waals surface area contributed by atoms with Crippen LogP contribution >= 0.6 is 0 Å². The lowest BCUT2D eigenvalue weighted by Gasteiger charge is -2.24. The van der Waals surface area contributed by atoms with Crippen LogP contribution in [0, 0.1) is 5.92 Å². The largest absolute Gasteiger partial charge is 0.481 e. The van der Waals surface area contributed by atoms with Crippen molar-refractivity contribution in [2.45, 2.75) is 12.5 Å². The molecular weight excluding hydrogens is 190 g/mol. The van der Waals surface area contributed by atoms with Crippen LogP contribution in [-0.4, -0.2) is 30.1 Å². The fourth-order valence-corrected chi connectivity index (χ4v) is 2.43. The molecule has 3 nitrogen and oxygen atoms in total. The average Bonchev–Trinajstić information content (AvgIpc) is 2.56. The summed E-state index contributed by atoms with van der Waals surface area (Å²) < 4.78 is 0. The zero-order valence-electron chi connectivity index (χ0n) is 8.97. The normalized spacial score (nSPS) is 24.2. The van der Waals surface area contributed by atoms with Crippen molar-refractivity contribution < 1.29 is 9.90 Å². The van der Waals surface area contributed by atoms with E-state index >= 15 is 0 Å². The molecule has 0 heterocycles. The van der Waals surface area contributed by atoms with Gasteiger partial charge < -0.3 is 10.0 Å². The lowest BCUT2D eigenvalue weighted by Crippen LogP contribution is -2.29. The van der Waals surface area contributed by atoms with Crippen LogP contribution in [0.2, 0.25) is 0 Å².